The molecule has 0 aromatic carbocycles. The number of likely N-dealkylation sites (tertiary alicyclic amines) is 1. The summed E-state index contributed by atoms with van der Waals surface area (Å²) in [5.74, 6) is -0.292. The first-order valence-electron chi connectivity index (χ1n) is 5.27. The van der Waals surface area contributed by atoms with Crippen molar-refractivity contribution in [2.75, 3.05) is 26.3 Å². The molecule has 2 fully saturated rings. The SMILES string of the molecule is Fc1cc(CN2CC3(COC3)C2)cnc1Br. The molecule has 0 atom stereocenters. The van der Waals surface area contributed by atoms with E-state index < -0.39 is 0 Å². The summed E-state index contributed by atoms with van der Waals surface area (Å²) >= 11 is 3.05. The highest BCUT2D eigenvalue weighted by Gasteiger charge is 2.48. The molecule has 2 saturated heterocycles. The van der Waals surface area contributed by atoms with Crippen molar-refractivity contribution in [3.63, 3.8) is 0 Å². The van der Waals surface area contributed by atoms with Gasteiger partial charge in [-0.25, -0.2) is 9.37 Å². The second-order valence-corrected chi connectivity index (χ2v) is 5.51. The molecule has 2 aliphatic heterocycles. The molecule has 0 amide bonds. The van der Waals surface area contributed by atoms with Gasteiger partial charge in [-0.1, -0.05) is 0 Å². The van der Waals surface area contributed by atoms with Gasteiger partial charge in [0.05, 0.1) is 13.2 Å². The molecule has 3 nitrogen and oxygen atoms in total. The van der Waals surface area contributed by atoms with Gasteiger partial charge in [-0.2, -0.15) is 0 Å². The van der Waals surface area contributed by atoms with Gasteiger partial charge in [0.25, 0.3) is 0 Å². The lowest BCUT2D eigenvalue weighted by atomic mass is 9.78. The van der Waals surface area contributed by atoms with Crippen LogP contribution in [0.15, 0.2) is 16.9 Å². The molecule has 86 valence electrons. The summed E-state index contributed by atoms with van der Waals surface area (Å²) < 4.78 is 18.7. The third-order valence-electron chi connectivity index (χ3n) is 3.19. The Morgan fingerprint density at radius 3 is 2.81 bits per heavy atom. The number of nitrogens with zero attached hydrogens (tertiary/aromatic N) is 2. The van der Waals surface area contributed by atoms with E-state index in [0.717, 1.165) is 38.4 Å². The first-order valence-corrected chi connectivity index (χ1v) is 6.06. The van der Waals surface area contributed by atoms with Crippen molar-refractivity contribution in [2.45, 2.75) is 6.54 Å². The lowest BCUT2D eigenvalue weighted by molar-refractivity contribution is -0.191. The molecule has 3 heterocycles. The Kier molecular flexibility index (Phi) is 2.49. The normalized spacial score (nSPS) is 22.9. The fraction of sp³-hybridized carbons (Fsp3) is 0.545. The summed E-state index contributed by atoms with van der Waals surface area (Å²) in [6, 6.07) is 1.54. The maximum Gasteiger partial charge on any atom is 0.156 e. The average Bonchev–Trinajstić information content (AvgIpc) is 2.13. The molecule has 16 heavy (non-hydrogen) atoms. The highest BCUT2D eigenvalue weighted by Crippen LogP contribution is 2.38. The van der Waals surface area contributed by atoms with Crippen molar-refractivity contribution >= 4 is 15.9 Å². The number of hydrogen-bond acceptors (Lipinski definition) is 3. The minimum atomic E-state index is -0.292. The number of rotatable bonds is 2. The van der Waals surface area contributed by atoms with E-state index in [1.165, 1.54) is 0 Å². The Balaban J connectivity index is 1.60. The molecule has 0 aliphatic carbocycles. The van der Waals surface area contributed by atoms with Gasteiger partial charge in [-0.15, -0.1) is 0 Å². The number of pyridine rings is 1. The molecular weight excluding hydrogens is 275 g/mol. The van der Waals surface area contributed by atoms with E-state index in [9.17, 15) is 4.39 Å². The summed E-state index contributed by atoms with van der Waals surface area (Å²) in [4.78, 5) is 6.25. The fourth-order valence-corrected chi connectivity index (χ4v) is 2.61. The largest absolute Gasteiger partial charge is 0.380 e. The Bertz CT molecular complexity index is 414. The zero-order valence-corrected chi connectivity index (χ0v) is 10.3. The van der Waals surface area contributed by atoms with Crippen molar-refractivity contribution in [3.8, 4) is 0 Å². The number of aromatic nitrogens is 1. The van der Waals surface area contributed by atoms with Crippen LogP contribution in [0.4, 0.5) is 4.39 Å². The highest BCUT2D eigenvalue weighted by molar-refractivity contribution is 9.10. The lowest BCUT2D eigenvalue weighted by Crippen LogP contribution is -2.65. The van der Waals surface area contributed by atoms with Crippen LogP contribution in [0, 0.1) is 11.2 Å². The molecule has 0 N–H and O–H groups in total. The monoisotopic (exact) mass is 286 g/mol. The Labute approximate surface area is 102 Å². The van der Waals surface area contributed by atoms with E-state index >= 15 is 0 Å². The second-order valence-electron chi connectivity index (χ2n) is 4.75. The van der Waals surface area contributed by atoms with E-state index in [2.05, 4.69) is 25.8 Å². The van der Waals surface area contributed by atoms with Crippen LogP contribution >= 0.6 is 15.9 Å². The predicted molar refractivity (Wildman–Crippen MR) is 60.4 cm³/mol. The quantitative estimate of drug-likeness (QED) is 0.776. The highest BCUT2D eigenvalue weighted by atomic mass is 79.9. The second kappa shape index (κ2) is 3.75. The zero-order valence-electron chi connectivity index (χ0n) is 8.75. The van der Waals surface area contributed by atoms with Gasteiger partial charge in [0.1, 0.15) is 4.60 Å². The third kappa shape index (κ3) is 1.77. The first kappa shape index (κ1) is 10.6. The molecule has 0 radical (unpaired) electrons. The summed E-state index contributed by atoms with van der Waals surface area (Å²) in [5, 5.41) is 0. The van der Waals surface area contributed by atoms with Crippen LogP contribution in [0.2, 0.25) is 0 Å². The summed E-state index contributed by atoms with van der Waals surface area (Å²) in [6.07, 6.45) is 1.72. The van der Waals surface area contributed by atoms with Crippen LogP contribution in [0.5, 0.6) is 0 Å². The predicted octanol–water partition coefficient (Wildman–Crippen LogP) is 1.82. The Morgan fingerprint density at radius 2 is 2.25 bits per heavy atom. The van der Waals surface area contributed by atoms with E-state index in [1.807, 2.05) is 0 Å². The topological polar surface area (TPSA) is 25.4 Å². The minimum absolute atomic E-state index is 0.281. The fourth-order valence-electron chi connectivity index (χ4n) is 2.39. The van der Waals surface area contributed by atoms with Gasteiger partial charge >= 0.3 is 0 Å². The van der Waals surface area contributed by atoms with Crippen LogP contribution in [-0.4, -0.2) is 36.2 Å². The van der Waals surface area contributed by atoms with Gasteiger partial charge in [0.2, 0.25) is 0 Å². The van der Waals surface area contributed by atoms with Crippen LogP contribution in [0.25, 0.3) is 0 Å². The van der Waals surface area contributed by atoms with E-state index in [0.29, 0.717) is 5.41 Å². The molecule has 1 aromatic rings. The van der Waals surface area contributed by atoms with Gasteiger partial charge < -0.3 is 4.74 Å². The number of hydrogen-bond donors (Lipinski definition) is 0. The summed E-state index contributed by atoms with van der Waals surface area (Å²) in [6.45, 7) is 4.67. The van der Waals surface area contributed by atoms with Crippen LogP contribution in [0.3, 0.4) is 0 Å². The molecule has 0 unspecified atom stereocenters. The summed E-state index contributed by atoms with van der Waals surface area (Å²) in [7, 11) is 0. The van der Waals surface area contributed by atoms with Crippen LogP contribution in [-0.2, 0) is 11.3 Å². The van der Waals surface area contributed by atoms with E-state index in [-0.39, 0.29) is 10.4 Å². The smallest absolute Gasteiger partial charge is 0.156 e. The lowest BCUT2D eigenvalue weighted by Gasteiger charge is -2.55. The van der Waals surface area contributed by atoms with Crippen molar-refractivity contribution in [1.29, 1.82) is 0 Å². The molecule has 1 spiro atoms. The number of halogens is 2. The standard InChI is InChI=1S/C11H12BrFN2O/c12-10-9(13)1-8(2-14-10)3-15-4-11(5-15)6-16-7-11/h1-2H,3-7H2. The van der Waals surface area contributed by atoms with Gasteiger partial charge in [0, 0.05) is 31.2 Å². The maximum absolute atomic E-state index is 13.2. The minimum Gasteiger partial charge on any atom is -0.380 e. The van der Waals surface area contributed by atoms with Crippen molar-refractivity contribution in [1.82, 2.24) is 9.88 Å². The third-order valence-corrected chi connectivity index (χ3v) is 3.78. The Hall–Kier alpha value is -0.520. The van der Waals surface area contributed by atoms with Crippen LogP contribution < -0.4 is 0 Å². The summed E-state index contributed by atoms with van der Waals surface area (Å²) in [5.41, 5.74) is 1.34. The molecule has 0 saturated carbocycles. The van der Waals surface area contributed by atoms with E-state index in [1.54, 1.807) is 12.3 Å². The molecule has 5 heteroatoms. The van der Waals surface area contributed by atoms with Gasteiger partial charge in [-0.05, 0) is 27.6 Å². The van der Waals surface area contributed by atoms with Gasteiger partial charge in [0.15, 0.2) is 5.82 Å². The molecular formula is C11H12BrFN2O. The average molecular weight is 287 g/mol. The zero-order chi connectivity index (χ0) is 11.2. The van der Waals surface area contributed by atoms with Crippen molar-refractivity contribution in [3.05, 3.63) is 28.2 Å². The molecule has 3 rings (SSSR count). The molecule has 2 aliphatic rings. The first-order chi connectivity index (χ1) is 7.67. The van der Waals surface area contributed by atoms with Crippen LogP contribution in [0.1, 0.15) is 5.56 Å². The number of ether oxygens (including phenoxy) is 1. The van der Waals surface area contributed by atoms with E-state index in [4.69, 9.17) is 4.74 Å². The van der Waals surface area contributed by atoms with Crippen molar-refractivity contribution < 1.29 is 9.13 Å². The molecule has 1 aromatic heterocycles. The molecule has 0 bridgehead atoms. The van der Waals surface area contributed by atoms with Gasteiger partial charge in [-0.3, -0.25) is 4.90 Å². The maximum atomic E-state index is 13.2. The Morgan fingerprint density at radius 1 is 1.50 bits per heavy atom. The van der Waals surface area contributed by atoms with Crippen molar-refractivity contribution in [2.24, 2.45) is 5.41 Å².